The molecule has 0 fully saturated rings. The molecule has 4 heterocycles. The van der Waals surface area contributed by atoms with Gasteiger partial charge in [0.05, 0.1) is 86.6 Å². The summed E-state index contributed by atoms with van der Waals surface area (Å²) in [6.45, 7) is -4.01. The van der Waals surface area contributed by atoms with Crippen molar-refractivity contribution < 1.29 is 134 Å². The molecule has 46 heteroatoms. The number of carbonyl (C=O) groups is 7. The maximum atomic E-state index is 14.5. The highest BCUT2D eigenvalue weighted by atomic mass is 35.5. The van der Waals surface area contributed by atoms with Crippen LogP contribution < -0.4 is 58.9 Å². The molecular formula is C55H66ClF5N11O24PS4. The summed E-state index contributed by atoms with van der Waals surface area (Å²) in [6.07, 6.45) is 12.4. The first-order valence-corrected chi connectivity index (χ1v) is 37.7. The number of amides is 6. The van der Waals surface area contributed by atoms with Crippen LogP contribution in [0.4, 0.5) is 49.1 Å². The number of unbranched alkanes of at least 4 members (excludes halogenated alkanes) is 2. The summed E-state index contributed by atoms with van der Waals surface area (Å²) < 4.78 is 179. The molecule has 101 heavy (non-hydrogen) atoms. The van der Waals surface area contributed by atoms with Crippen LogP contribution in [0.2, 0.25) is 5.02 Å². The molecule has 1 aliphatic heterocycles. The van der Waals surface area contributed by atoms with E-state index in [9.17, 15) is 90.2 Å². The molecule has 556 valence electrons. The van der Waals surface area contributed by atoms with Crippen LogP contribution in [-0.4, -0.2) is 185 Å². The quantitative estimate of drug-likeness (QED) is 0.00849. The largest absolute Gasteiger partial charge is 0.778 e. The van der Waals surface area contributed by atoms with Crippen LogP contribution in [-0.2, 0) is 69.3 Å². The Morgan fingerprint density at radius 1 is 0.743 bits per heavy atom. The van der Waals surface area contributed by atoms with Crippen molar-refractivity contribution in [3.8, 4) is 29.3 Å². The number of ether oxygens (including phenoxy) is 6. The van der Waals surface area contributed by atoms with E-state index < -0.39 is 156 Å². The van der Waals surface area contributed by atoms with E-state index in [2.05, 4.69) is 58.5 Å². The number of urea groups is 2. The zero-order valence-electron chi connectivity index (χ0n) is 53.9. The number of methoxy groups -OCH3 is 2. The van der Waals surface area contributed by atoms with E-state index in [0.717, 1.165) is 67.5 Å². The normalized spacial score (nSPS) is 13.2. The number of rotatable bonds is 27. The summed E-state index contributed by atoms with van der Waals surface area (Å²) in [4.78, 5) is 117. The van der Waals surface area contributed by atoms with E-state index in [1.54, 1.807) is 10.0 Å². The lowest BCUT2D eigenvalue weighted by atomic mass is 9.93. The lowest BCUT2D eigenvalue weighted by Gasteiger charge is -2.18. The van der Waals surface area contributed by atoms with Crippen molar-refractivity contribution in [2.24, 2.45) is 0 Å². The molecule has 35 nitrogen and oxygen atoms in total. The number of hydrogen-bond acceptors (Lipinski definition) is 27. The number of sulfonamides is 2. The van der Waals surface area contributed by atoms with Gasteiger partial charge in [0.2, 0.25) is 35.4 Å². The number of alkyl halides is 4. The number of nitrogens with one attached hydrogen (secondary N) is 5. The fourth-order valence-corrected chi connectivity index (χ4v) is 11.9. The summed E-state index contributed by atoms with van der Waals surface area (Å²) >= 11 is 6.02. The number of halogens is 6. The fraction of sp³-hybridized carbons (Fsp3) is 0.382. The number of carboxylic acids is 2. The molecule has 1 unspecified atom stereocenters. The average molecular weight is 1550 g/mol. The molecule has 2 aliphatic rings. The lowest BCUT2D eigenvalue weighted by molar-refractivity contribution is -0.193. The second-order valence-electron chi connectivity index (χ2n) is 19.9. The number of pyridine rings is 1. The number of esters is 1. The van der Waals surface area contributed by atoms with Crippen LogP contribution in [0.15, 0.2) is 92.8 Å². The Bertz CT molecular complexity index is 4130. The Morgan fingerprint density at radius 3 is 1.71 bits per heavy atom. The topological polar surface area (TPSA) is 506 Å². The van der Waals surface area contributed by atoms with Gasteiger partial charge in [-0.15, -0.1) is 0 Å². The first kappa shape index (κ1) is 86.1. The molecule has 8 N–H and O–H groups in total. The Hall–Kier alpha value is -9.17. The average Bonchev–Trinajstić information content (AvgIpc) is 1.67. The van der Waals surface area contributed by atoms with E-state index in [4.69, 9.17) is 45.7 Å². The van der Waals surface area contributed by atoms with Gasteiger partial charge in [-0.2, -0.15) is 45.9 Å². The number of sulfone groups is 1. The molecule has 0 bridgehead atoms. The maximum Gasteiger partial charge on any atom is 0.388 e. The second-order valence-corrected chi connectivity index (χ2v) is 29.9. The highest BCUT2D eigenvalue weighted by Gasteiger charge is 2.41. The van der Waals surface area contributed by atoms with E-state index in [1.165, 1.54) is 56.2 Å². The van der Waals surface area contributed by atoms with Crippen LogP contribution in [0.1, 0.15) is 69.2 Å². The van der Waals surface area contributed by atoms with Crippen LogP contribution in [0.5, 0.6) is 29.3 Å². The minimum atomic E-state index is -4.71. The van der Waals surface area contributed by atoms with Crippen LogP contribution in [0.3, 0.4) is 0 Å². The summed E-state index contributed by atoms with van der Waals surface area (Å²) in [6, 6.07) is 7.85. The first-order chi connectivity index (χ1) is 47.2. The summed E-state index contributed by atoms with van der Waals surface area (Å²) in [5, 5.41) is 21.9. The molecule has 1 aliphatic carbocycles. The number of aromatic nitrogens is 5. The molecule has 1 atom stereocenters. The third-order valence-electron chi connectivity index (χ3n) is 11.8. The zero-order chi connectivity index (χ0) is 76.2. The number of imide groups is 1. The van der Waals surface area contributed by atoms with Gasteiger partial charge in [-0.25, -0.2) is 59.7 Å². The first-order valence-electron chi connectivity index (χ1n) is 28.5. The summed E-state index contributed by atoms with van der Waals surface area (Å²) in [7, 11) is -14.3. The van der Waals surface area contributed by atoms with Gasteiger partial charge < -0.3 is 53.0 Å². The number of aliphatic carboxylic acids is 1. The second kappa shape index (κ2) is 40.3. The predicted octanol–water partition coefficient (Wildman–Crippen LogP) is 5.07. The van der Waals surface area contributed by atoms with Crippen LogP contribution in [0.25, 0.3) is 0 Å². The van der Waals surface area contributed by atoms with Crippen molar-refractivity contribution in [3.05, 3.63) is 94.4 Å². The Balaban J connectivity index is 0.000000359. The minimum absolute atomic E-state index is 0.000883. The molecule has 2 aromatic carbocycles. The van der Waals surface area contributed by atoms with Gasteiger partial charge in [-0.3, -0.25) is 30.3 Å². The SMILES string of the molecule is CCCCCOC(=O)COc1cc(N2C(=O)C3=C(CCCC3)C2=O)c(F)cc1Cl.CCS(=O)(=O)c1cccnc1S(=O)(=O)NC(=O)Nc1nc(OC)cc(OC)n1.C[S+](C)C.O=C(Nc1nc(OC(F)F)cc(OC(F)F)n1)NS(=O)(=O)c1ccccc1C(=O)O.O=C(O)CNCP(=O)([O-])O. The predicted molar refractivity (Wildman–Crippen MR) is 345 cm³/mol. The lowest BCUT2D eigenvalue weighted by Crippen LogP contribution is -2.36. The molecule has 0 saturated carbocycles. The molecule has 0 saturated heterocycles. The Morgan fingerprint density at radius 2 is 1.24 bits per heavy atom. The molecule has 7 rings (SSSR count). The third kappa shape index (κ3) is 29.1. The number of benzene rings is 2. The van der Waals surface area contributed by atoms with Gasteiger partial charge in [0.25, 0.3) is 31.9 Å². The van der Waals surface area contributed by atoms with Crippen molar-refractivity contribution in [1.82, 2.24) is 39.7 Å². The maximum absolute atomic E-state index is 14.5. The monoisotopic (exact) mass is 1550 g/mol. The highest BCUT2D eigenvalue weighted by Crippen LogP contribution is 2.40. The minimum Gasteiger partial charge on any atom is -0.778 e. The van der Waals surface area contributed by atoms with Gasteiger partial charge in [-0.05, 0) is 73.3 Å². The molecule has 5 aromatic rings. The third-order valence-corrected chi connectivity index (χ3v) is 17.3. The van der Waals surface area contributed by atoms with E-state index in [-0.39, 0.29) is 39.9 Å². The van der Waals surface area contributed by atoms with Crippen molar-refractivity contribution >= 4 is 119 Å². The van der Waals surface area contributed by atoms with Gasteiger partial charge in [0.15, 0.2) is 21.5 Å². The van der Waals surface area contributed by atoms with E-state index in [0.29, 0.717) is 47.6 Å². The van der Waals surface area contributed by atoms with Gasteiger partial charge >= 0.3 is 43.2 Å². The van der Waals surface area contributed by atoms with E-state index in [1.807, 2.05) is 12.2 Å². The number of nitrogens with zero attached hydrogens (tertiary/aromatic N) is 6. The molecule has 3 aromatic heterocycles. The molecule has 0 radical (unpaired) electrons. The number of carboxylic acid groups (broad SMARTS) is 2. The number of aromatic carboxylic acids is 1. The van der Waals surface area contributed by atoms with Crippen LogP contribution >= 0.6 is 19.2 Å². The van der Waals surface area contributed by atoms with Crippen molar-refractivity contribution in [3.63, 3.8) is 0 Å². The number of carbonyl (C=O) groups excluding carboxylic acids is 5. The smallest absolute Gasteiger partial charge is 0.388 e. The Labute approximate surface area is 580 Å². The number of anilines is 3. The number of hydrogen-bond donors (Lipinski definition) is 8. The highest BCUT2D eigenvalue weighted by molar-refractivity contribution is 7.94. The van der Waals surface area contributed by atoms with Crippen LogP contribution in [0, 0.1) is 5.82 Å². The van der Waals surface area contributed by atoms with Gasteiger partial charge in [0, 0.05) is 23.4 Å². The molecule has 6 amide bonds. The van der Waals surface area contributed by atoms with Gasteiger partial charge in [0.1, 0.15) is 29.0 Å². The summed E-state index contributed by atoms with van der Waals surface area (Å²) in [5.41, 5.74) is 0.0292. The zero-order valence-corrected chi connectivity index (χ0v) is 58.9. The van der Waals surface area contributed by atoms with Crippen molar-refractivity contribution in [2.75, 3.05) is 80.3 Å². The van der Waals surface area contributed by atoms with Gasteiger partial charge in [-0.1, -0.05) is 50.4 Å². The Kier molecular flexibility index (Phi) is 34.4. The summed E-state index contributed by atoms with van der Waals surface area (Å²) in [5.74, 6) is -8.55. The molecule has 0 spiro atoms. The van der Waals surface area contributed by atoms with E-state index >= 15 is 0 Å². The standard InChI is InChI=1S/C21H23ClFNO5.C14H10F4N4O7S.C14H17N5O7S2.C3H8NO5P.C3H9S/c1-2-3-6-9-28-19(25)12-29-18-11-17(16(23)10-15(18)22)24-20(26)13-7-4-5-8-14(13)21(24)27;15-11(16)28-8-5-9(29-12(17)18)20-13(19-8)21-14(25)22-30(26,27)7-4-2-1-3-6(7)10(23)24;1-4-27(21,22)9-6-5-7-15-12(9)28(23,24)19-14(20)18-13-16-10(25-2)8-11(17-13)26-3;5-3(6)1-4-2-10(7,8)9;1-4(2)3/h10-11H,2-9,12H2,1H3;1-5,11-12H,(H,23,24)(H2,19,20,21,22,25);5-8H,4H2,1-3H3,(H2,16,17,18,19,20);4H,1-2H2,(H,5,6)(H2,7,8,9);1-3H3/q;;;;+1/p-1. The van der Waals surface area contributed by atoms with Crippen molar-refractivity contribution in [2.45, 2.75) is 86.8 Å². The van der Waals surface area contributed by atoms with Crippen molar-refractivity contribution in [1.29, 1.82) is 0 Å². The molecular weight excluding hydrogens is 1490 g/mol. The fourth-order valence-electron chi connectivity index (χ4n) is 7.66.